The van der Waals surface area contributed by atoms with Crippen molar-refractivity contribution in [1.29, 1.82) is 0 Å². The molecule has 0 saturated heterocycles. The molecule has 3 N–H and O–H groups in total. The molecule has 7 nitrogen and oxygen atoms in total. The molecule has 26 heavy (non-hydrogen) atoms. The maximum absolute atomic E-state index is 12.2. The van der Waals surface area contributed by atoms with Gasteiger partial charge in [-0.1, -0.05) is 12.1 Å². The molecule has 2 amide bonds. The van der Waals surface area contributed by atoms with Crippen LogP contribution in [0.25, 0.3) is 0 Å². The number of hydrogen-bond donors (Lipinski definition) is 3. The average Bonchev–Trinajstić information content (AvgIpc) is 3.13. The number of amides is 2. The summed E-state index contributed by atoms with van der Waals surface area (Å²) in [5, 5.41) is 1.76. The van der Waals surface area contributed by atoms with Crippen LogP contribution in [-0.4, -0.2) is 26.8 Å². The molecule has 0 unspecified atom stereocenters. The second-order valence-corrected chi connectivity index (χ2v) is 8.44. The Hall–Kier alpha value is -2.23. The Morgan fingerprint density at radius 3 is 2.50 bits per heavy atom. The van der Waals surface area contributed by atoms with Crippen LogP contribution in [0, 0.1) is 13.8 Å². The number of hydrogen-bond acceptors (Lipinski definition) is 5. The van der Waals surface area contributed by atoms with Crippen LogP contribution in [0.4, 0.5) is 0 Å². The highest BCUT2D eigenvalue weighted by Gasteiger charge is 2.14. The van der Waals surface area contributed by atoms with E-state index in [-0.39, 0.29) is 29.7 Å². The molecule has 2 rings (SSSR count). The van der Waals surface area contributed by atoms with E-state index in [0.717, 1.165) is 11.1 Å². The molecule has 0 atom stereocenters. The number of rotatable bonds is 7. The Bertz CT molecular complexity index is 877. The Balaban J connectivity index is 1.72. The van der Waals surface area contributed by atoms with Gasteiger partial charge in [0.05, 0.1) is 9.77 Å². The van der Waals surface area contributed by atoms with Gasteiger partial charge in [0.15, 0.2) is 0 Å². The number of benzene rings is 1. The lowest BCUT2D eigenvalue weighted by molar-refractivity contribution is -0.121. The Morgan fingerprint density at radius 1 is 1.08 bits per heavy atom. The van der Waals surface area contributed by atoms with Crippen LogP contribution >= 0.6 is 11.3 Å². The standard InChI is InChI=1S/C17H21N3O4S2/c1-12-7-8-14(11-13(12)2)26(23,24)18-9-3-6-16(21)19-20-17(22)15-5-4-10-25-15/h4-5,7-8,10-11,18H,3,6,9H2,1-2H3,(H,19,21)(H,20,22). The van der Waals surface area contributed by atoms with Crippen molar-refractivity contribution >= 4 is 33.2 Å². The number of thiophene rings is 1. The van der Waals surface area contributed by atoms with Gasteiger partial charge in [-0.25, -0.2) is 13.1 Å². The van der Waals surface area contributed by atoms with Gasteiger partial charge in [-0.15, -0.1) is 11.3 Å². The summed E-state index contributed by atoms with van der Waals surface area (Å²) >= 11 is 1.27. The van der Waals surface area contributed by atoms with Gasteiger partial charge in [0.2, 0.25) is 15.9 Å². The number of carbonyl (C=O) groups is 2. The molecule has 140 valence electrons. The predicted octanol–water partition coefficient (Wildman–Crippen LogP) is 1.88. The minimum atomic E-state index is -3.60. The first kappa shape index (κ1) is 20.1. The van der Waals surface area contributed by atoms with Crippen molar-refractivity contribution in [2.75, 3.05) is 6.54 Å². The quantitative estimate of drug-likeness (QED) is 0.492. The van der Waals surface area contributed by atoms with Crippen molar-refractivity contribution in [3.8, 4) is 0 Å². The van der Waals surface area contributed by atoms with Crippen molar-refractivity contribution in [3.05, 3.63) is 51.7 Å². The molecular formula is C17H21N3O4S2. The molecule has 0 bridgehead atoms. The molecule has 1 aromatic carbocycles. The van der Waals surface area contributed by atoms with Crippen molar-refractivity contribution in [2.45, 2.75) is 31.6 Å². The summed E-state index contributed by atoms with van der Waals surface area (Å²) in [6, 6.07) is 8.31. The number of nitrogens with one attached hydrogen (secondary N) is 3. The Labute approximate surface area is 156 Å². The molecule has 0 aliphatic carbocycles. The third-order valence-electron chi connectivity index (χ3n) is 3.72. The predicted molar refractivity (Wildman–Crippen MR) is 100 cm³/mol. The van der Waals surface area contributed by atoms with Gasteiger partial charge in [-0.05, 0) is 55.0 Å². The summed E-state index contributed by atoms with van der Waals surface area (Å²) in [6.07, 6.45) is 0.394. The van der Waals surface area contributed by atoms with E-state index >= 15 is 0 Å². The van der Waals surface area contributed by atoms with E-state index in [1.807, 2.05) is 13.8 Å². The molecule has 0 spiro atoms. The Kier molecular flexibility index (Phi) is 6.90. The third kappa shape index (κ3) is 5.65. The lowest BCUT2D eigenvalue weighted by atomic mass is 10.1. The Morgan fingerprint density at radius 2 is 1.85 bits per heavy atom. The third-order valence-corrected chi connectivity index (χ3v) is 6.05. The van der Waals surface area contributed by atoms with Gasteiger partial charge in [0.1, 0.15) is 0 Å². The molecular weight excluding hydrogens is 374 g/mol. The van der Waals surface area contributed by atoms with Crippen molar-refractivity contribution in [1.82, 2.24) is 15.6 Å². The molecule has 1 aromatic heterocycles. The highest BCUT2D eigenvalue weighted by atomic mass is 32.2. The zero-order chi connectivity index (χ0) is 19.2. The fraction of sp³-hybridized carbons (Fsp3) is 0.294. The van der Waals surface area contributed by atoms with Crippen LogP contribution in [0.3, 0.4) is 0 Å². The molecule has 1 heterocycles. The summed E-state index contributed by atoms with van der Waals surface area (Å²) in [5.74, 6) is -0.774. The summed E-state index contributed by atoms with van der Waals surface area (Å²) in [6.45, 7) is 3.89. The van der Waals surface area contributed by atoms with E-state index in [0.29, 0.717) is 11.3 Å². The highest BCUT2D eigenvalue weighted by molar-refractivity contribution is 7.89. The van der Waals surface area contributed by atoms with Crippen LogP contribution in [-0.2, 0) is 14.8 Å². The fourth-order valence-corrected chi connectivity index (χ4v) is 3.86. The summed E-state index contributed by atoms with van der Waals surface area (Å²) in [7, 11) is -3.60. The maximum Gasteiger partial charge on any atom is 0.279 e. The minimum absolute atomic E-state index is 0.0835. The van der Waals surface area contributed by atoms with Gasteiger partial charge in [-0.3, -0.25) is 20.4 Å². The van der Waals surface area contributed by atoms with Crippen LogP contribution in [0.2, 0.25) is 0 Å². The van der Waals surface area contributed by atoms with E-state index in [9.17, 15) is 18.0 Å². The van der Waals surface area contributed by atoms with E-state index in [2.05, 4.69) is 15.6 Å². The lowest BCUT2D eigenvalue weighted by Crippen LogP contribution is -2.41. The van der Waals surface area contributed by atoms with Gasteiger partial charge in [0, 0.05) is 13.0 Å². The van der Waals surface area contributed by atoms with E-state index in [1.165, 1.54) is 11.3 Å². The zero-order valence-electron chi connectivity index (χ0n) is 14.5. The van der Waals surface area contributed by atoms with Gasteiger partial charge < -0.3 is 0 Å². The minimum Gasteiger partial charge on any atom is -0.273 e. The van der Waals surface area contributed by atoms with E-state index < -0.39 is 10.0 Å². The van der Waals surface area contributed by atoms with Crippen molar-refractivity contribution in [3.63, 3.8) is 0 Å². The number of hydrazine groups is 1. The first-order valence-electron chi connectivity index (χ1n) is 7.99. The molecule has 0 radical (unpaired) electrons. The van der Waals surface area contributed by atoms with E-state index in [1.54, 1.807) is 35.7 Å². The first-order chi connectivity index (χ1) is 12.3. The number of carbonyl (C=O) groups excluding carboxylic acids is 2. The van der Waals surface area contributed by atoms with E-state index in [4.69, 9.17) is 0 Å². The maximum atomic E-state index is 12.2. The SMILES string of the molecule is Cc1ccc(S(=O)(=O)NCCCC(=O)NNC(=O)c2cccs2)cc1C. The van der Waals surface area contributed by atoms with Crippen LogP contribution < -0.4 is 15.6 Å². The van der Waals surface area contributed by atoms with Crippen molar-refractivity contribution in [2.24, 2.45) is 0 Å². The number of sulfonamides is 1. The number of aryl methyl sites for hydroxylation is 2. The van der Waals surface area contributed by atoms with Gasteiger partial charge in [-0.2, -0.15) is 0 Å². The normalized spacial score (nSPS) is 11.2. The summed E-state index contributed by atoms with van der Waals surface area (Å²) < 4.78 is 26.9. The summed E-state index contributed by atoms with van der Waals surface area (Å²) in [4.78, 5) is 24.1. The highest BCUT2D eigenvalue weighted by Crippen LogP contribution is 2.14. The van der Waals surface area contributed by atoms with Crippen LogP contribution in [0.5, 0.6) is 0 Å². The zero-order valence-corrected chi connectivity index (χ0v) is 16.2. The molecule has 2 aromatic rings. The summed E-state index contributed by atoms with van der Waals surface area (Å²) in [5.41, 5.74) is 6.53. The van der Waals surface area contributed by atoms with Gasteiger partial charge >= 0.3 is 0 Å². The molecule has 0 fully saturated rings. The van der Waals surface area contributed by atoms with Crippen molar-refractivity contribution < 1.29 is 18.0 Å². The molecule has 9 heteroatoms. The first-order valence-corrected chi connectivity index (χ1v) is 10.4. The monoisotopic (exact) mass is 395 g/mol. The van der Waals surface area contributed by atoms with Crippen LogP contribution in [0.15, 0.2) is 40.6 Å². The second-order valence-electron chi connectivity index (χ2n) is 5.73. The lowest BCUT2D eigenvalue weighted by Gasteiger charge is -2.09. The average molecular weight is 396 g/mol. The molecule has 0 saturated carbocycles. The smallest absolute Gasteiger partial charge is 0.273 e. The molecule has 0 aliphatic rings. The largest absolute Gasteiger partial charge is 0.279 e. The second kappa shape index (κ2) is 8.93. The molecule has 0 aliphatic heterocycles. The van der Waals surface area contributed by atoms with Crippen LogP contribution in [0.1, 0.15) is 33.6 Å². The van der Waals surface area contributed by atoms with Gasteiger partial charge in [0.25, 0.3) is 5.91 Å². The topological polar surface area (TPSA) is 104 Å². The fourth-order valence-electron chi connectivity index (χ4n) is 2.08.